The van der Waals surface area contributed by atoms with Crippen LogP contribution in [0.15, 0.2) is 17.3 Å². The molecule has 0 saturated heterocycles. The maximum atomic E-state index is 4.66. The van der Waals surface area contributed by atoms with Gasteiger partial charge in [-0.1, -0.05) is 34.1 Å². The lowest BCUT2D eigenvalue weighted by Gasteiger charge is -2.28. The summed E-state index contributed by atoms with van der Waals surface area (Å²) in [6.07, 6.45) is 6.03. The average molecular weight is 263 g/mol. The molecular formula is C16H25NS. The van der Waals surface area contributed by atoms with Crippen molar-refractivity contribution in [2.75, 3.05) is 5.75 Å². The van der Waals surface area contributed by atoms with Crippen LogP contribution >= 0.6 is 11.8 Å². The van der Waals surface area contributed by atoms with Crippen LogP contribution in [0.1, 0.15) is 69.9 Å². The van der Waals surface area contributed by atoms with Gasteiger partial charge in [-0.25, -0.2) is 4.98 Å². The lowest BCUT2D eigenvalue weighted by Crippen LogP contribution is -2.14. The highest BCUT2D eigenvalue weighted by atomic mass is 32.2. The zero-order valence-corrected chi connectivity index (χ0v) is 12.9. The summed E-state index contributed by atoms with van der Waals surface area (Å²) in [5.74, 6) is 3.23. The van der Waals surface area contributed by atoms with Gasteiger partial charge in [-0.05, 0) is 53.5 Å². The summed E-state index contributed by atoms with van der Waals surface area (Å²) in [6, 6.07) is 2.24. The predicted molar refractivity (Wildman–Crippen MR) is 80.5 cm³/mol. The Morgan fingerprint density at radius 2 is 2.00 bits per heavy atom. The van der Waals surface area contributed by atoms with Crippen LogP contribution in [0.4, 0.5) is 0 Å². The van der Waals surface area contributed by atoms with E-state index in [0.29, 0.717) is 17.8 Å². The van der Waals surface area contributed by atoms with Gasteiger partial charge in [0, 0.05) is 6.20 Å². The number of hydrogen-bond acceptors (Lipinski definition) is 2. The molecule has 18 heavy (non-hydrogen) atoms. The van der Waals surface area contributed by atoms with E-state index in [1.54, 1.807) is 5.56 Å². The van der Waals surface area contributed by atoms with Crippen molar-refractivity contribution in [3.05, 3.63) is 23.4 Å². The van der Waals surface area contributed by atoms with Crippen molar-refractivity contribution in [2.24, 2.45) is 5.92 Å². The van der Waals surface area contributed by atoms with Crippen molar-refractivity contribution < 1.29 is 0 Å². The maximum Gasteiger partial charge on any atom is 0.0997 e. The Morgan fingerprint density at radius 3 is 2.67 bits per heavy atom. The van der Waals surface area contributed by atoms with Gasteiger partial charge >= 0.3 is 0 Å². The molecule has 0 amide bonds. The highest BCUT2D eigenvalue weighted by molar-refractivity contribution is 7.99. The lowest BCUT2D eigenvalue weighted by atomic mass is 9.81. The molecule has 2 heteroatoms. The molecule has 1 nitrogen and oxygen atoms in total. The van der Waals surface area contributed by atoms with E-state index in [2.05, 4.69) is 38.7 Å². The number of aromatic nitrogens is 1. The predicted octanol–water partition coefficient (Wildman–Crippen LogP) is 5.22. The van der Waals surface area contributed by atoms with E-state index in [9.17, 15) is 0 Å². The summed E-state index contributed by atoms with van der Waals surface area (Å²) >= 11 is 1.96. The van der Waals surface area contributed by atoms with E-state index in [1.807, 2.05) is 18.0 Å². The summed E-state index contributed by atoms with van der Waals surface area (Å²) in [4.78, 5) is 4.66. The first-order chi connectivity index (χ1) is 8.61. The number of fused-ring (bicyclic) bond motifs is 1. The molecule has 0 saturated carbocycles. The molecule has 1 aromatic heterocycles. The van der Waals surface area contributed by atoms with E-state index < -0.39 is 0 Å². The van der Waals surface area contributed by atoms with Crippen LogP contribution in [0, 0.1) is 5.92 Å². The number of thioether (sulfide) groups is 1. The molecular weight excluding hydrogens is 238 g/mol. The molecule has 0 bridgehead atoms. The number of nitrogens with zero attached hydrogens (tertiary/aromatic N) is 1. The molecule has 0 N–H and O–H groups in total. The van der Waals surface area contributed by atoms with Crippen molar-refractivity contribution in [3.63, 3.8) is 0 Å². The Kier molecular flexibility index (Phi) is 4.71. The monoisotopic (exact) mass is 263 g/mol. The molecule has 2 heterocycles. The van der Waals surface area contributed by atoms with Gasteiger partial charge < -0.3 is 0 Å². The highest BCUT2D eigenvalue weighted by Crippen LogP contribution is 2.41. The zero-order valence-electron chi connectivity index (χ0n) is 12.1. The van der Waals surface area contributed by atoms with Gasteiger partial charge in [0.2, 0.25) is 0 Å². The van der Waals surface area contributed by atoms with E-state index >= 15 is 0 Å². The van der Waals surface area contributed by atoms with Crippen LogP contribution in [-0.4, -0.2) is 10.7 Å². The molecule has 1 aromatic rings. The van der Waals surface area contributed by atoms with Crippen molar-refractivity contribution in [1.82, 2.24) is 4.98 Å². The molecule has 1 atom stereocenters. The quantitative estimate of drug-likeness (QED) is 0.725. The second-order valence-corrected chi connectivity index (χ2v) is 7.05. The molecule has 0 fully saturated rings. The van der Waals surface area contributed by atoms with Crippen molar-refractivity contribution in [1.29, 1.82) is 0 Å². The minimum Gasteiger partial charge on any atom is -0.250 e. The second-order valence-electron chi connectivity index (χ2n) is 5.97. The lowest BCUT2D eigenvalue weighted by molar-refractivity contribution is 0.439. The molecule has 0 radical (unpaired) electrons. The van der Waals surface area contributed by atoms with Crippen molar-refractivity contribution >= 4 is 11.8 Å². The Hall–Kier alpha value is -0.500. The van der Waals surface area contributed by atoms with Crippen molar-refractivity contribution in [3.8, 4) is 0 Å². The van der Waals surface area contributed by atoms with Gasteiger partial charge in [-0.2, -0.15) is 0 Å². The molecule has 1 aliphatic heterocycles. The van der Waals surface area contributed by atoms with Crippen LogP contribution in [0.5, 0.6) is 0 Å². The third kappa shape index (κ3) is 2.90. The maximum absolute atomic E-state index is 4.66. The van der Waals surface area contributed by atoms with E-state index in [0.717, 1.165) is 0 Å². The number of pyridine rings is 1. The van der Waals surface area contributed by atoms with Gasteiger partial charge in [0.15, 0.2) is 0 Å². The van der Waals surface area contributed by atoms with Crippen molar-refractivity contribution in [2.45, 2.75) is 63.8 Å². The van der Waals surface area contributed by atoms with Gasteiger partial charge in [0.05, 0.1) is 5.03 Å². The van der Waals surface area contributed by atoms with Crippen LogP contribution in [0.3, 0.4) is 0 Å². The second kappa shape index (κ2) is 6.10. The summed E-state index contributed by atoms with van der Waals surface area (Å²) in [5, 5.41) is 1.31. The third-order valence-electron chi connectivity index (χ3n) is 3.93. The van der Waals surface area contributed by atoms with E-state index in [-0.39, 0.29) is 0 Å². The molecule has 0 aliphatic carbocycles. The summed E-state index contributed by atoms with van der Waals surface area (Å²) < 4.78 is 0. The Balaban J connectivity index is 2.51. The molecule has 0 spiro atoms. The van der Waals surface area contributed by atoms with Gasteiger partial charge in [-0.3, -0.25) is 0 Å². The van der Waals surface area contributed by atoms with Crippen LogP contribution in [0.2, 0.25) is 0 Å². The highest BCUT2D eigenvalue weighted by Gasteiger charge is 2.25. The average Bonchev–Trinajstić information content (AvgIpc) is 2.28. The fourth-order valence-electron chi connectivity index (χ4n) is 2.91. The molecule has 1 aliphatic rings. The first kappa shape index (κ1) is 13.9. The minimum atomic E-state index is 0.600. The largest absolute Gasteiger partial charge is 0.250 e. The van der Waals surface area contributed by atoms with E-state index in [1.165, 1.54) is 35.6 Å². The molecule has 1 unspecified atom stereocenters. The first-order valence-electron chi connectivity index (χ1n) is 7.22. The number of rotatable bonds is 2. The SMILES string of the molecule is CC(C)c1ccnc2c1C(C(C)C)CCCCS2. The van der Waals surface area contributed by atoms with Gasteiger partial charge in [0.1, 0.15) is 0 Å². The Labute approximate surface area is 116 Å². The first-order valence-corrected chi connectivity index (χ1v) is 8.21. The minimum absolute atomic E-state index is 0.600. The Bertz CT molecular complexity index is 398. The van der Waals surface area contributed by atoms with Crippen LogP contribution in [-0.2, 0) is 0 Å². The van der Waals surface area contributed by atoms with Crippen LogP contribution in [0.25, 0.3) is 0 Å². The summed E-state index contributed by atoms with van der Waals surface area (Å²) in [6.45, 7) is 9.32. The Morgan fingerprint density at radius 1 is 1.22 bits per heavy atom. The molecule has 2 rings (SSSR count). The standard InChI is InChI=1S/C16H25NS/c1-11(2)13-7-5-6-10-18-16-15(13)14(12(3)4)8-9-17-16/h8-9,11-13H,5-7,10H2,1-4H3. The smallest absolute Gasteiger partial charge is 0.0997 e. The third-order valence-corrected chi connectivity index (χ3v) is 5.02. The van der Waals surface area contributed by atoms with Gasteiger partial charge in [0.25, 0.3) is 0 Å². The topological polar surface area (TPSA) is 12.9 Å². The molecule has 0 aromatic carbocycles. The number of hydrogen-bond donors (Lipinski definition) is 0. The van der Waals surface area contributed by atoms with Crippen LogP contribution < -0.4 is 0 Å². The normalized spacial score (nSPS) is 20.7. The fourth-order valence-corrected chi connectivity index (χ4v) is 4.01. The van der Waals surface area contributed by atoms with E-state index in [4.69, 9.17) is 0 Å². The fraction of sp³-hybridized carbons (Fsp3) is 0.688. The zero-order chi connectivity index (χ0) is 13.1. The summed E-state index contributed by atoms with van der Waals surface area (Å²) in [7, 11) is 0. The summed E-state index contributed by atoms with van der Waals surface area (Å²) in [5.41, 5.74) is 3.08. The van der Waals surface area contributed by atoms with Gasteiger partial charge in [-0.15, -0.1) is 11.8 Å². The molecule has 100 valence electrons.